The van der Waals surface area contributed by atoms with Crippen LogP contribution in [-0.2, 0) is 71.8 Å². The van der Waals surface area contributed by atoms with Gasteiger partial charge in [-0.25, -0.2) is 9.59 Å². The predicted molar refractivity (Wildman–Crippen MR) is 418 cm³/mol. The van der Waals surface area contributed by atoms with Gasteiger partial charge in [-0.3, -0.25) is 57.5 Å². The first kappa shape index (κ1) is 114. The number of unbranched alkanes of at least 4 members (excludes halogenated alkanes) is 6. The normalized spacial score (nSPS) is 13.7. The SMILES string of the molecule is CCC(C)NC(=O)OC(C)(C)C.CCC(CC(=O)CNC(=O)C(CC)NC(=O)OC(C)(C)C)C(=O)NCC[NH+](C)CCCCCC(=O)O.CCC(CC(=O)CNC(=O)C([NH3+])CS)C(=O)NCC[NH+](C)CCCCCC(=O)O.CCC([NH3+])C(=O)NCC(=O)CC(CC)C(=O)NCC[NH+](C)CCCCCC(=O)O.O=C([O-])C(F)(F)F. The lowest BCUT2D eigenvalue weighted by Gasteiger charge is -2.22. The number of thiol groups is 1. The van der Waals surface area contributed by atoms with E-state index in [0.717, 1.165) is 84.2 Å². The molecule has 38 heteroatoms. The van der Waals surface area contributed by atoms with Crippen molar-refractivity contribution >= 4 is 101 Å². The fourth-order valence-electron chi connectivity index (χ4n) is 9.60. The second-order valence-corrected chi connectivity index (χ2v) is 30.3. The lowest BCUT2D eigenvalue weighted by atomic mass is 9.98. The molecule has 0 aliphatic rings. The van der Waals surface area contributed by atoms with E-state index in [1.54, 1.807) is 27.7 Å². The third kappa shape index (κ3) is 71.7. The minimum atomic E-state index is -5.19. The van der Waals surface area contributed by atoms with E-state index in [9.17, 15) is 80.3 Å². The lowest BCUT2D eigenvalue weighted by Crippen LogP contribution is -3.09. The van der Waals surface area contributed by atoms with Gasteiger partial charge in [-0.05, 0) is 138 Å². The summed E-state index contributed by atoms with van der Waals surface area (Å²) in [5.74, 6) is -8.39. The number of carbonyl (C=O) groups excluding carboxylic acids is 12. The highest BCUT2D eigenvalue weighted by molar-refractivity contribution is 7.80. The average Bonchev–Trinajstić information content (AvgIpc) is 0.896. The van der Waals surface area contributed by atoms with Gasteiger partial charge in [-0.15, -0.1) is 0 Å². The first-order chi connectivity index (χ1) is 52.5. The quantitative estimate of drug-likeness (QED) is 0.0245. The number of hydrogen-bond acceptors (Lipinski definition) is 19. The number of hydrogen-bond donors (Lipinski definition) is 17. The van der Waals surface area contributed by atoms with E-state index in [1.165, 1.54) is 14.7 Å². The summed E-state index contributed by atoms with van der Waals surface area (Å²) in [4.78, 5) is 176. The maximum atomic E-state index is 12.5. The number of alkyl halides is 3. The molecule has 113 heavy (non-hydrogen) atoms. The molecule has 0 heterocycles. The van der Waals surface area contributed by atoms with Crippen molar-refractivity contribution in [1.82, 2.24) is 42.5 Å². The number of amides is 8. The van der Waals surface area contributed by atoms with Crippen molar-refractivity contribution in [3.63, 3.8) is 0 Å². The molecule has 8 amide bonds. The van der Waals surface area contributed by atoms with E-state index in [2.05, 4.69) is 66.6 Å². The molecule has 0 radical (unpaired) electrons. The van der Waals surface area contributed by atoms with Gasteiger partial charge in [0.15, 0.2) is 29.4 Å². The molecule has 0 aliphatic heterocycles. The van der Waals surface area contributed by atoms with Crippen LogP contribution < -0.4 is 73.8 Å². The van der Waals surface area contributed by atoms with Crippen LogP contribution in [-0.4, -0.2) is 251 Å². The summed E-state index contributed by atoms with van der Waals surface area (Å²) in [5.41, 5.74) is 6.25. The van der Waals surface area contributed by atoms with Crippen LogP contribution in [0.15, 0.2) is 0 Å². The van der Waals surface area contributed by atoms with E-state index < -0.39 is 83.1 Å². The standard InChI is InChI=1S/C25H46N4O7.C20H38N4O5.C19H36N4O5S.C9H19NO2.C2HF3O2/c1-7-18(22(33)26-13-15-29(6)14-11-9-10-12-21(31)32)16-19(30)17-27-23(34)20(8-2)28-24(35)36-25(3,4)5;1-4-15(13-16(25)14-23-20(29)17(21)5-2)19(28)22-10-12-24(3)11-8-6-7-9-18(26)27;1-3-14(11-15(24)12-22-19(28)16(20)13-29)18(27)21-8-10-23(2)9-6-4-5-7-17(25)26;1-6-7(2)10-8(11)12-9(3,4)5;3-2(4,5)1(6)7/h18,20H,7-17H2,1-6H3,(H,26,33)(H,27,34)(H,28,35)(H,31,32);15,17H,4-14,21H2,1-3H3,(H,22,28)(H,23,29)(H,26,27);14,16,29H,3-13,20H2,1-2H3,(H,21,27)(H,22,28)(H,25,26);7H,6H2,1-5H3,(H,10,11);(H,6,7)/p+4. The van der Waals surface area contributed by atoms with Crippen molar-refractivity contribution in [1.29, 1.82) is 0 Å². The maximum absolute atomic E-state index is 12.5. The molecule has 0 saturated carbocycles. The van der Waals surface area contributed by atoms with Crippen LogP contribution in [0.1, 0.15) is 225 Å². The van der Waals surface area contributed by atoms with Gasteiger partial charge >= 0.3 is 36.3 Å². The monoisotopic (exact) mass is 1650 g/mol. The average molecular weight is 1650 g/mol. The molecule has 0 aromatic carbocycles. The van der Waals surface area contributed by atoms with E-state index in [0.29, 0.717) is 76.8 Å². The number of aliphatic carboxylic acids is 4. The van der Waals surface area contributed by atoms with Crippen LogP contribution in [0.3, 0.4) is 0 Å². The number of alkyl carbamates (subject to hydrolysis) is 2. The van der Waals surface area contributed by atoms with Gasteiger partial charge in [0, 0.05) is 68.7 Å². The molecule has 0 rings (SSSR count). The number of carboxylic acid groups (broad SMARTS) is 4. The molecule has 10 unspecified atom stereocenters. The van der Waals surface area contributed by atoms with Crippen LogP contribution >= 0.6 is 12.6 Å². The Balaban J connectivity index is -0.000000463. The molecule has 0 fully saturated rings. The van der Waals surface area contributed by atoms with Gasteiger partial charge in [0.1, 0.15) is 23.2 Å². The van der Waals surface area contributed by atoms with Crippen LogP contribution in [0.25, 0.3) is 0 Å². The Hall–Kier alpha value is -7.81. The third-order valence-corrected chi connectivity index (χ3v) is 17.3. The maximum Gasteiger partial charge on any atom is 0.430 e. The zero-order valence-corrected chi connectivity index (χ0v) is 71.2. The number of likely N-dealkylation sites (N-methyl/N-ethyl adjacent to an activating group) is 3. The smallest absolute Gasteiger partial charge is 0.430 e. The van der Waals surface area contributed by atoms with Gasteiger partial charge < -0.3 is 103 Å². The molecule has 0 aromatic heterocycles. The molecule has 0 aromatic rings. The Labute approximate surface area is 672 Å². The summed E-state index contributed by atoms with van der Waals surface area (Å²) in [6.07, 6.45) is 5.60. The largest absolute Gasteiger partial charge is 0.542 e. The minimum absolute atomic E-state index is 0.0190. The van der Waals surface area contributed by atoms with Gasteiger partial charge in [-0.1, -0.05) is 41.5 Å². The number of carboxylic acids is 4. The molecule has 658 valence electrons. The lowest BCUT2D eigenvalue weighted by molar-refractivity contribution is -0.878. The molecule has 10 atom stereocenters. The zero-order valence-electron chi connectivity index (χ0n) is 70.3. The number of halogens is 3. The van der Waals surface area contributed by atoms with Gasteiger partial charge in [0.2, 0.25) is 23.6 Å². The Bertz CT molecular complexity index is 2710. The summed E-state index contributed by atoms with van der Waals surface area (Å²) in [5, 5.41) is 56.2. The molecule has 0 bridgehead atoms. The van der Waals surface area contributed by atoms with Crippen molar-refractivity contribution in [3.05, 3.63) is 0 Å². The number of ketones is 3. The van der Waals surface area contributed by atoms with Crippen molar-refractivity contribution in [2.75, 3.05) is 105 Å². The Morgan fingerprint density at radius 3 is 0.956 bits per heavy atom. The van der Waals surface area contributed by atoms with Crippen molar-refractivity contribution in [3.8, 4) is 0 Å². The first-order valence-electron chi connectivity index (χ1n) is 39.3. The Morgan fingerprint density at radius 2 is 0.708 bits per heavy atom. The molecule has 0 spiro atoms. The molecular formula is C75H144F3N13O21S+4. The number of quaternary nitrogens is 5. The topological polar surface area (TPSA) is 523 Å². The minimum Gasteiger partial charge on any atom is -0.542 e. The van der Waals surface area contributed by atoms with E-state index in [1.807, 2.05) is 83.5 Å². The van der Waals surface area contributed by atoms with Crippen LogP contribution in [0.5, 0.6) is 0 Å². The number of ether oxygens (including phenoxy) is 2. The van der Waals surface area contributed by atoms with E-state index in [-0.39, 0.29) is 123 Å². The number of Topliss-reactive ketones (excluding diaryl/α,β-unsaturated/α-hetero) is 3. The number of rotatable bonds is 54. The highest BCUT2D eigenvalue weighted by Crippen LogP contribution is 2.14. The second-order valence-electron chi connectivity index (χ2n) is 29.9. The van der Waals surface area contributed by atoms with E-state index in [4.69, 9.17) is 34.7 Å². The summed E-state index contributed by atoms with van der Waals surface area (Å²) in [7, 11) is 6.10. The van der Waals surface area contributed by atoms with Crippen molar-refractivity contribution in [2.24, 2.45) is 17.8 Å². The van der Waals surface area contributed by atoms with Crippen molar-refractivity contribution < 1.29 is 141 Å². The number of nitrogens with one attached hydrogen (secondary N) is 11. The van der Waals surface area contributed by atoms with Crippen LogP contribution in [0, 0.1) is 17.8 Å². The predicted octanol–water partition coefficient (Wildman–Crippen LogP) is -1.44. The van der Waals surface area contributed by atoms with Crippen LogP contribution in [0.2, 0.25) is 0 Å². The van der Waals surface area contributed by atoms with E-state index >= 15 is 0 Å². The number of carbonyl (C=O) groups is 15. The van der Waals surface area contributed by atoms with Crippen molar-refractivity contribution in [2.45, 2.75) is 266 Å². The zero-order chi connectivity index (χ0) is 88.0. The fourth-order valence-corrected chi connectivity index (χ4v) is 9.77. The highest BCUT2D eigenvalue weighted by Gasteiger charge is 2.30. The summed E-state index contributed by atoms with van der Waals surface area (Å²) < 4.78 is 41.8. The third-order valence-electron chi connectivity index (χ3n) is 16.9. The summed E-state index contributed by atoms with van der Waals surface area (Å²) in [6, 6.07) is -1.52. The van der Waals surface area contributed by atoms with Gasteiger partial charge in [0.05, 0.1) is 105 Å². The molecule has 34 nitrogen and oxygen atoms in total. The second kappa shape index (κ2) is 66.5. The highest BCUT2D eigenvalue weighted by atomic mass is 32.1. The van der Waals surface area contributed by atoms with Crippen LogP contribution in [0.4, 0.5) is 22.8 Å². The molecular weight excluding hydrogens is 1510 g/mol. The molecule has 0 aliphatic carbocycles. The van der Waals surface area contributed by atoms with Gasteiger partial charge in [-0.2, -0.15) is 25.8 Å². The molecule has 0 saturated heterocycles. The van der Waals surface area contributed by atoms with Gasteiger partial charge in [0.25, 0.3) is 11.8 Å². The molecule has 20 N–H and O–H groups in total. The fraction of sp³-hybridized carbons (Fsp3) is 0.800. The first-order valence-corrected chi connectivity index (χ1v) is 40.0. The Morgan fingerprint density at radius 1 is 0.416 bits per heavy atom. The Kier molecular flexibility index (Phi) is 66.9. The summed E-state index contributed by atoms with van der Waals surface area (Å²) in [6.45, 7) is 30.0. The summed E-state index contributed by atoms with van der Waals surface area (Å²) >= 11 is 3.99.